The summed E-state index contributed by atoms with van der Waals surface area (Å²) in [4.78, 5) is 5.39. The molecule has 1 aromatic carbocycles. The van der Waals surface area contributed by atoms with E-state index in [2.05, 4.69) is 50.2 Å². The lowest BCUT2D eigenvalue weighted by molar-refractivity contribution is 0.795. The second-order valence-corrected chi connectivity index (χ2v) is 8.01. The maximum Gasteiger partial charge on any atom is 0.161 e. The number of hydrogen-bond acceptors (Lipinski definition) is 5. The monoisotopic (exact) mass is 379 g/mol. The van der Waals surface area contributed by atoms with E-state index in [9.17, 15) is 0 Å². The second-order valence-electron chi connectivity index (χ2n) is 4.69. The van der Waals surface area contributed by atoms with Crippen LogP contribution in [0.4, 0.5) is 10.7 Å². The zero-order chi connectivity index (χ0) is 14.7. The van der Waals surface area contributed by atoms with Crippen LogP contribution in [0.5, 0.6) is 0 Å². The van der Waals surface area contributed by atoms with E-state index in [0.717, 1.165) is 30.6 Å². The zero-order valence-corrected chi connectivity index (χ0v) is 14.8. The summed E-state index contributed by atoms with van der Waals surface area (Å²) in [6.07, 6.45) is 3.59. The van der Waals surface area contributed by atoms with Gasteiger partial charge in [-0.1, -0.05) is 36.8 Å². The molecule has 0 saturated heterocycles. The van der Waals surface area contributed by atoms with Gasteiger partial charge in [-0.3, -0.25) is 0 Å². The summed E-state index contributed by atoms with van der Waals surface area (Å²) in [6.45, 7) is 2.21. The van der Waals surface area contributed by atoms with Crippen LogP contribution in [0, 0.1) is 0 Å². The summed E-state index contributed by atoms with van der Waals surface area (Å²) in [5.41, 5.74) is 2.25. The summed E-state index contributed by atoms with van der Waals surface area (Å²) >= 11 is 6.57. The molecule has 3 aromatic rings. The normalized spacial score (nSPS) is 11.7. The molecule has 108 valence electrons. The average molecular weight is 380 g/mol. The van der Waals surface area contributed by atoms with Crippen molar-refractivity contribution in [3.8, 4) is 0 Å². The molecule has 0 radical (unpaired) electrons. The molecule has 0 spiro atoms. The van der Waals surface area contributed by atoms with Crippen LogP contribution in [0.1, 0.15) is 25.3 Å². The standard InChI is InChI=1S/C15H14BrN3S2/c1-2-3-4-10-5-7-11(8-6-10)18-19-13-9-12-14(21-13)17-15(16)20-12/h5-9H,2-4H2,1H3. The Morgan fingerprint density at radius 2 is 1.95 bits per heavy atom. The Bertz CT molecular complexity index is 727. The summed E-state index contributed by atoms with van der Waals surface area (Å²) in [5, 5.41) is 9.49. The number of nitrogens with zero attached hydrogens (tertiary/aromatic N) is 3. The van der Waals surface area contributed by atoms with Crippen molar-refractivity contribution in [2.24, 2.45) is 10.2 Å². The molecular formula is C15H14BrN3S2. The smallest absolute Gasteiger partial charge is 0.161 e. The van der Waals surface area contributed by atoms with Crippen molar-refractivity contribution in [2.75, 3.05) is 0 Å². The fraction of sp³-hybridized carbons (Fsp3) is 0.267. The number of hydrogen-bond donors (Lipinski definition) is 0. The SMILES string of the molecule is CCCCc1ccc(N=Nc2cc3sc(Br)nc3s2)cc1. The van der Waals surface area contributed by atoms with E-state index in [-0.39, 0.29) is 0 Å². The number of aryl methyl sites for hydroxylation is 1. The summed E-state index contributed by atoms with van der Waals surface area (Å²) in [6, 6.07) is 10.4. The molecule has 0 bridgehead atoms. The number of benzene rings is 1. The van der Waals surface area contributed by atoms with Crippen LogP contribution in [0.15, 0.2) is 44.5 Å². The third kappa shape index (κ3) is 3.75. The zero-order valence-electron chi connectivity index (χ0n) is 11.5. The van der Waals surface area contributed by atoms with Gasteiger partial charge in [-0.05, 0) is 52.5 Å². The van der Waals surface area contributed by atoms with Crippen LogP contribution in [-0.4, -0.2) is 4.98 Å². The van der Waals surface area contributed by atoms with E-state index < -0.39 is 0 Å². The highest BCUT2D eigenvalue weighted by Gasteiger charge is 2.06. The lowest BCUT2D eigenvalue weighted by Crippen LogP contribution is -1.82. The fourth-order valence-corrected chi connectivity index (χ4v) is 4.54. The molecule has 21 heavy (non-hydrogen) atoms. The van der Waals surface area contributed by atoms with Gasteiger partial charge in [0.1, 0.15) is 9.83 Å². The Balaban J connectivity index is 1.71. The van der Waals surface area contributed by atoms with Crippen molar-refractivity contribution in [3.05, 3.63) is 39.8 Å². The molecular weight excluding hydrogens is 366 g/mol. The molecule has 3 nitrogen and oxygen atoms in total. The van der Waals surface area contributed by atoms with Crippen LogP contribution in [-0.2, 0) is 6.42 Å². The van der Waals surface area contributed by atoms with Gasteiger partial charge in [-0.25, -0.2) is 4.98 Å². The van der Waals surface area contributed by atoms with Gasteiger partial charge in [-0.2, -0.15) is 0 Å². The topological polar surface area (TPSA) is 37.6 Å². The van der Waals surface area contributed by atoms with Gasteiger partial charge in [0.25, 0.3) is 0 Å². The molecule has 2 heterocycles. The van der Waals surface area contributed by atoms with Gasteiger partial charge in [0.2, 0.25) is 0 Å². The summed E-state index contributed by atoms with van der Waals surface area (Å²) in [7, 11) is 0. The summed E-state index contributed by atoms with van der Waals surface area (Å²) in [5.74, 6) is 0. The molecule has 6 heteroatoms. The van der Waals surface area contributed by atoms with E-state index in [1.807, 2.05) is 18.2 Å². The van der Waals surface area contributed by atoms with Gasteiger partial charge >= 0.3 is 0 Å². The molecule has 0 aliphatic heterocycles. The van der Waals surface area contributed by atoms with Crippen molar-refractivity contribution < 1.29 is 0 Å². The maximum atomic E-state index is 4.38. The number of thiophene rings is 1. The lowest BCUT2D eigenvalue weighted by atomic mass is 10.1. The van der Waals surface area contributed by atoms with Crippen molar-refractivity contribution in [1.29, 1.82) is 0 Å². The molecule has 0 aliphatic rings. The van der Waals surface area contributed by atoms with Gasteiger partial charge in [-0.15, -0.1) is 21.6 Å². The highest BCUT2D eigenvalue weighted by molar-refractivity contribution is 9.11. The Labute approximate surface area is 139 Å². The molecule has 0 saturated carbocycles. The summed E-state index contributed by atoms with van der Waals surface area (Å²) < 4.78 is 2.06. The first-order chi connectivity index (χ1) is 10.2. The predicted octanol–water partition coefficient (Wildman–Crippen LogP) is 6.88. The minimum Gasteiger partial charge on any atom is -0.218 e. The van der Waals surface area contributed by atoms with Crippen LogP contribution in [0.25, 0.3) is 9.53 Å². The number of halogens is 1. The lowest BCUT2D eigenvalue weighted by Gasteiger charge is -1.99. The number of fused-ring (bicyclic) bond motifs is 1. The van der Waals surface area contributed by atoms with Crippen molar-refractivity contribution in [2.45, 2.75) is 26.2 Å². The average Bonchev–Trinajstić information content (AvgIpc) is 3.01. The van der Waals surface area contributed by atoms with E-state index in [1.54, 1.807) is 22.7 Å². The Hall–Kier alpha value is -1.11. The maximum absolute atomic E-state index is 4.38. The van der Waals surface area contributed by atoms with Crippen molar-refractivity contribution in [3.63, 3.8) is 0 Å². The van der Waals surface area contributed by atoms with E-state index in [1.165, 1.54) is 18.4 Å². The number of thiazole rings is 1. The molecule has 3 rings (SSSR count). The third-order valence-electron chi connectivity index (χ3n) is 3.07. The largest absolute Gasteiger partial charge is 0.218 e. The minimum absolute atomic E-state index is 0.890. The Morgan fingerprint density at radius 1 is 1.14 bits per heavy atom. The van der Waals surface area contributed by atoms with Crippen LogP contribution in [0.2, 0.25) is 0 Å². The Morgan fingerprint density at radius 3 is 2.67 bits per heavy atom. The van der Waals surface area contributed by atoms with Crippen molar-refractivity contribution >= 4 is 58.8 Å². The first-order valence-corrected chi connectivity index (χ1v) is 9.24. The quantitative estimate of drug-likeness (QED) is 0.445. The third-order valence-corrected chi connectivity index (χ3v) is 5.57. The van der Waals surface area contributed by atoms with Gasteiger partial charge in [0, 0.05) is 0 Å². The molecule has 0 aliphatic carbocycles. The molecule has 0 amide bonds. The highest BCUT2D eigenvalue weighted by Crippen LogP contribution is 2.37. The van der Waals surface area contributed by atoms with Crippen LogP contribution in [0.3, 0.4) is 0 Å². The Kier molecular flexibility index (Phi) is 4.77. The molecule has 0 N–H and O–H groups in total. The van der Waals surface area contributed by atoms with E-state index >= 15 is 0 Å². The van der Waals surface area contributed by atoms with Crippen molar-refractivity contribution in [1.82, 2.24) is 4.98 Å². The number of unbranched alkanes of at least 4 members (excludes halogenated alkanes) is 1. The van der Waals surface area contributed by atoms with E-state index in [4.69, 9.17) is 0 Å². The number of azo groups is 1. The minimum atomic E-state index is 0.890. The number of rotatable bonds is 5. The van der Waals surface area contributed by atoms with Gasteiger partial charge in [0.05, 0.1) is 10.4 Å². The van der Waals surface area contributed by atoms with Crippen LogP contribution >= 0.6 is 38.6 Å². The number of aromatic nitrogens is 1. The fourth-order valence-electron chi connectivity index (χ4n) is 1.96. The first-order valence-electron chi connectivity index (χ1n) is 6.81. The molecule has 0 atom stereocenters. The predicted molar refractivity (Wildman–Crippen MR) is 94.4 cm³/mol. The van der Waals surface area contributed by atoms with Gasteiger partial charge in [0.15, 0.2) is 3.92 Å². The van der Waals surface area contributed by atoms with E-state index in [0.29, 0.717) is 0 Å². The molecule has 0 fully saturated rings. The molecule has 0 unspecified atom stereocenters. The molecule has 2 aromatic heterocycles. The van der Waals surface area contributed by atoms with Gasteiger partial charge < -0.3 is 0 Å². The van der Waals surface area contributed by atoms with Crippen LogP contribution < -0.4 is 0 Å². The first kappa shape index (κ1) is 14.8. The second kappa shape index (κ2) is 6.77. The highest BCUT2D eigenvalue weighted by atomic mass is 79.9.